The van der Waals surface area contributed by atoms with E-state index in [1.165, 1.54) is 10.9 Å². The van der Waals surface area contributed by atoms with Gasteiger partial charge in [0.25, 0.3) is 5.91 Å². The van der Waals surface area contributed by atoms with Gasteiger partial charge in [0.05, 0.1) is 16.7 Å². The lowest BCUT2D eigenvalue weighted by molar-refractivity contribution is 0.0709. The van der Waals surface area contributed by atoms with Gasteiger partial charge in [-0.15, -0.1) is 0 Å². The molecule has 5 rings (SSSR count). The third-order valence-electron chi connectivity index (χ3n) is 6.26. The molecule has 1 atom stereocenters. The summed E-state index contributed by atoms with van der Waals surface area (Å²) >= 11 is 0. The normalized spacial score (nSPS) is 17.2. The van der Waals surface area contributed by atoms with Gasteiger partial charge >= 0.3 is 0 Å². The first-order valence-corrected chi connectivity index (χ1v) is 10.7. The monoisotopic (exact) mass is 401 g/mol. The lowest BCUT2D eigenvalue weighted by Gasteiger charge is -2.30. The summed E-state index contributed by atoms with van der Waals surface area (Å²) in [5, 5.41) is 1.24. The molecule has 3 heterocycles. The summed E-state index contributed by atoms with van der Waals surface area (Å²) in [6.45, 7) is 3.56. The Morgan fingerprint density at radius 2 is 2.10 bits per heavy atom. The summed E-state index contributed by atoms with van der Waals surface area (Å²) in [7, 11) is 2.03. The first-order chi connectivity index (χ1) is 14.6. The molecule has 0 bridgehead atoms. The predicted molar refractivity (Wildman–Crippen MR) is 120 cm³/mol. The lowest BCUT2D eigenvalue weighted by atomic mass is 10.1. The van der Waals surface area contributed by atoms with Crippen LogP contribution < -0.4 is 5.73 Å². The molecule has 2 aromatic heterocycles. The molecule has 1 aliphatic heterocycles. The summed E-state index contributed by atoms with van der Waals surface area (Å²) < 4.78 is 2.10. The minimum atomic E-state index is 0.0408. The van der Waals surface area contributed by atoms with Crippen molar-refractivity contribution in [2.45, 2.75) is 32.2 Å². The van der Waals surface area contributed by atoms with E-state index in [2.05, 4.69) is 34.7 Å². The third-order valence-corrected chi connectivity index (χ3v) is 6.26. The topological polar surface area (TPSA) is 79.9 Å². The molecule has 0 radical (unpaired) electrons. The van der Waals surface area contributed by atoms with Crippen molar-refractivity contribution in [1.82, 2.24) is 19.4 Å². The minimum absolute atomic E-state index is 0.0408. The van der Waals surface area contributed by atoms with Crippen LogP contribution in [-0.2, 0) is 13.5 Å². The van der Waals surface area contributed by atoms with E-state index in [-0.39, 0.29) is 11.9 Å². The summed E-state index contributed by atoms with van der Waals surface area (Å²) in [4.78, 5) is 23.3. The molecular weight excluding hydrogens is 374 g/mol. The molecule has 4 aromatic rings. The average molecular weight is 402 g/mol. The molecule has 1 fully saturated rings. The maximum absolute atomic E-state index is 13.0. The number of nitrogens with one attached hydrogen (secondary N) is 1. The number of carbonyl (C=O) groups excluding carboxylic acids is 1. The Kier molecular flexibility index (Phi) is 4.59. The van der Waals surface area contributed by atoms with Gasteiger partial charge in [-0.3, -0.25) is 4.79 Å². The predicted octanol–water partition coefficient (Wildman–Crippen LogP) is 3.85. The van der Waals surface area contributed by atoms with E-state index >= 15 is 0 Å². The van der Waals surface area contributed by atoms with Crippen LogP contribution in [-0.4, -0.2) is 44.5 Å². The number of rotatable bonds is 3. The number of benzene rings is 2. The summed E-state index contributed by atoms with van der Waals surface area (Å²) in [6.07, 6.45) is 2.86. The molecule has 6 nitrogen and oxygen atoms in total. The van der Waals surface area contributed by atoms with Crippen LogP contribution in [0, 0.1) is 0 Å². The van der Waals surface area contributed by atoms with Crippen LogP contribution in [0.2, 0.25) is 0 Å². The van der Waals surface area contributed by atoms with Gasteiger partial charge in [0.1, 0.15) is 0 Å². The van der Waals surface area contributed by atoms with E-state index in [0.717, 1.165) is 53.9 Å². The highest BCUT2D eigenvalue weighted by Crippen LogP contribution is 2.32. The number of H-pyrrole nitrogens is 1. The van der Waals surface area contributed by atoms with Crippen molar-refractivity contribution in [3.63, 3.8) is 0 Å². The fourth-order valence-corrected chi connectivity index (χ4v) is 4.69. The van der Waals surface area contributed by atoms with Gasteiger partial charge in [-0.25, -0.2) is 4.98 Å². The molecule has 1 unspecified atom stereocenters. The molecule has 0 aliphatic carbocycles. The zero-order valence-corrected chi connectivity index (χ0v) is 17.5. The number of piperidine rings is 1. The van der Waals surface area contributed by atoms with E-state index in [9.17, 15) is 4.79 Å². The maximum atomic E-state index is 13.0. The van der Waals surface area contributed by atoms with Gasteiger partial charge in [0, 0.05) is 42.6 Å². The number of nitrogens with zero attached hydrogens (tertiary/aromatic N) is 3. The van der Waals surface area contributed by atoms with Crippen molar-refractivity contribution >= 4 is 27.8 Å². The summed E-state index contributed by atoms with van der Waals surface area (Å²) in [6, 6.07) is 14.2. The number of hydrogen-bond donors (Lipinski definition) is 2. The average Bonchev–Trinajstić information content (AvgIpc) is 3.30. The van der Waals surface area contributed by atoms with Gasteiger partial charge in [-0.1, -0.05) is 25.1 Å². The van der Waals surface area contributed by atoms with Gasteiger partial charge in [-0.2, -0.15) is 0 Å². The fraction of sp³-hybridized carbons (Fsp3) is 0.333. The van der Waals surface area contributed by atoms with E-state index in [0.29, 0.717) is 12.1 Å². The van der Waals surface area contributed by atoms with Crippen molar-refractivity contribution in [3.8, 4) is 11.5 Å². The van der Waals surface area contributed by atoms with E-state index in [1.807, 2.05) is 36.2 Å². The van der Waals surface area contributed by atoms with Crippen molar-refractivity contribution in [2.75, 3.05) is 13.1 Å². The Balaban J connectivity index is 1.57. The highest BCUT2D eigenvalue weighted by Gasteiger charge is 2.23. The first-order valence-electron chi connectivity index (χ1n) is 10.7. The molecule has 0 spiro atoms. The highest BCUT2D eigenvalue weighted by molar-refractivity contribution is 5.98. The molecule has 1 aliphatic rings. The second kappa shape index (κ2) is 7.29. The number of aromatic nitrogens is 3. The van der Waals surface area contributed by atoms with Crippen LogP contribution in [0.15, 0.2) is 42.5 Å². The van der Waals surface area contributed by atoms with Crippen LogP contribution in [0.1, 0.15) is 35.7 Å². The Bertz CT molecular complexity index is 1250. The minimum Gasteiger partial charge on any atom is -0.352 e. The second-order valence-electron chi connectivity index (χ2n) is 8.23. The Morgan fingerprint density at radius 1 is 1.27 bits per heavy atom. The number of amides is 1. The Morgan fingerprint density at radius 3 is 2.90 bits per heavy atom. The SMILES string of the molecule is CCc1c(-c2nc3cc(C(=O)N4CCCC(N)C4)ccc3n2C)[nH]c2ccccc12. The van der Waals surface area contributed by atoms with Crippen molar-refractivity contribution < 1.29 is 4.79 Å². The fourth-order valence-electron chi connectivity index (χ4n) is 4.69. The van der Waals surface area contributed by atoms with Crippen LogP contribution in [0.25, 0.3) is 33.5 Å². The van der Waals surface area contributed by atoms with E-state index in [1.54, 1.807) is 0 Å². The summed E-state index contributed by atoms with van der Waals surface area (Å²) in [5.41, 5.74) is 12.0. The number of aromatic amines is 1. The molecule has 30 heavy (non-hydrogen) atoms. The molecular formula is C24H27N5O. The first kappa shape index (κ1) is 18.9. The number of para-hydroxylation sites is 1. The molecule has 6 heteroatoms. The van der Waals surface area contributed by atoms with Gasteiger partial charge in [0.15, 0.2) is 5.82 Å². The lowest BCUT2D eigenvalue weighted by Crippen LogP contribution is -2.45. The van der Waals surface area contributed by atoms with Crippen molar-refractivity contribution in [3.05, 3.63) is 53.6 Å². The van der Waals surface area contributed by atoms with Crippen molar-refractivity contribution in [1.29, 1.82) is 0 Å². The molecule has 154 valence electrons. The standard InChI is InChI=1S/C24H27N5O/c1-3-17-18-8-4-5-9-19(18)26-22(17)23-27-20-13-15(10-11-21(20)28(23)2)24(30)29-12-6-7-16(25)14-29/h4-5,8-11,13,16,26H,3,6-7,12,14,25H2,1-2H3. The molecule has 3 N–H and O–H groups in total. The molecule has 1 amide bonds. The molecule has 2 aromatic carbocycles. The largest absolute Gasteiger partial charge is 0.352 e. The molecule has 1 saturated heterocycles. The molecule has 0 saturated carbocycles. The van der Waals surface area contributed by atoms with Gasteiger partial charge < -0.3 is 20.2 Å². The van der Waals surface area contributed by atoms with Crippen LogP contribution in [0.3, 0.4) is 0 Å². The number of carbonyl (C=O) groups is 1. The zero-order valence-electron chi connectivity index (χ0n) is 17.5. The number of nitrogens with two attached hydrogens (primary N) is 1. The number of likely N-dealkylation sites (tertiary alicyclic amines) is 1. The van der Waals surface area contributed by atoms with Crippen LogP contribution in [0.4, 0.5) is 0 Å². The third kappa shape index (κ3) is 2.99. The van der Waals surface area contributed by atoms with E-state index in [4.69, 9.17) is 10.7 Å². The summed E-state index contributed by atoms with van der Waals surface area (Å²) in [5.74, 6) is 0.932. The van der Waals surface area contributed by atoms with Crippen molar-refractivity contribution in [2.24, 2.45) is 12.8 Å². The smallest absolute Gasteiger partial charge is 0.253 e. The number of hydrogen-bond acceptors (Lipinski definition) is 3. The van der Waals surface area contributed by atoms with E-state index < -0.39 is 0 Å². The highest BCUT2D eigenvalue weighted by atomic mass is 16.2. The number of aryl methyl sites for hydroxylation is 2. The van der Waals surface area contributed by atoms with Crippen LogP contribution >= 0.6 is 0 Å². The quantitative estimate of drug-likeness (QED) is 0.547. The zero-order chi connectivity index (χ0) is 20.8. The van der Waals surface area contributed by atoms with Crippen LogP contribution in [0.5, 0.6) is 0 Å². The second-order valence-corrected chi connectivity index (χ2v) is 8.23. The number of fused-ring (bicyclic) bond motifs is 2. The maximum Gasteiger partial charge on any atom is 0.253 e. The number of imidazole rings is 1. The van der Waals surface area contributed by atoms with Gasteiger partial charge in [0.2, 0.25) is 0 Å². The Hall–Kier alpha value is -3.12. The Labute approximate surface area is 175 Å². The van der Waals surface area contributed by atoms with Gasteiger partial charge in [-0.05, 0) is 49.1 Å².